The molecule has 0 aliphatic heterocycles. The van der Waals surface area contributed by atoms with E-state index < -0.39 is 21.2 Å². The van der Waals surface area contributed by atoms with Gasteiger partial charge in [-0.3, -0.25) is 3.07 Å². The number of benzene rings is 1. The van der Waals surface area contributed by atoms with Crippen molar-refractivity contribution in [3.8, 4) is 0 Å². The maximum atomic E-state index is 10.6. The lowest BCUT2D eigenvalue weighted by atomic mass is 10.4. The van der Waals surface area contributed by atoms with E-state index in [9.17, 15) is 3.07 Å². The highest BCUT2D eigenvalue weighted by Gasteiger charge is 2.07. The molecule has 0 amide bonds. The van der Waals surface area contributed by atoms with Gasteiger partial charge in [0, 0.05) is 4.47 Å². The molecule has 0 aromatic heterocycles. The fraction of sp³-hybridized carbons (Fsp3) is 0. The zero-order chi connectivity index (χ0) is 8.43. The second-order valence-corrected chi connectivity index (χ2v) is 4.95. The Morgan fingerprint density at radius 3 is 2.45 bits per heavy atom. The standard InChI is InChI=1S/C6H2BrCl2IO/c7-3-1-2-4(10-11)6(9)5(3)8/h1-2H. The van der Waals surface area contributed by atoms with Crippen molar-refractivity contribution in [3.63, 3.8) is 0 Å². The minimum atomic E-state index is -1.23. The van der Waals surface area contributed by atoms with Gasteiger partial charge in [-0.15, -0.1) is 0 Å². The Bertz CT molecular complexity index is 303. The summed E-state index contributed by atoms with van der Waals surface area (Å²) in [6.45, 7) is 0. The molecule has 0 N–H and O–H groups in total. The molecule has 0 atom stereocenters. The molecular formula is C6H2BrCl2IO. The summed E-state index contributed by atoms with van der Waals surface area (Å²) in [6, 6.07) is 3.44. The van der Waals surface area contributed by atoms with E-state index in [2.05, 4.69) is 15.9 Å². The van der Waals surface area contributed by atoms with Crippen molar-refractivity contribution in [3.05, 3.63) is 30.2 Å². The number of rotatable bonds is 1. The zero-order valence-corrected chi connectivity index (χ0v) is 10.3. The van der Waals surface area contributed by atoms with Crippen molar-refractivity contribution in [1.29, 1.82) is 0 Å². The Morgan fingerprint density at radius 2 is 1.91 bits per heavy atom. The summed E-state index contributed by atoms with van der Waals surface area (Å²) < 4.78 is 11.9. The van der Waals surface area contributed by atoms with Crippen molar-refractivity contribution >= 4 is 60.3 Å². The van der Waals surface area contributed by atoms with Gasteiger partial charge in [-0.2, -0.15) is 0 Å². The van der Waals surface area contributed by atoms with Crippen molar-refractivity contribution in [2.45, 2.75) is 0 Å². The number of hydrogen-bond donors (Lipinski definition) is 0. The van der Waals surface area contributed by atoms with E-state index >= 15 is 0 Å². The van der Waals surface area contributed by atoms with Crippen LogP contribution in [0.25, 0.3) is 0 Å². The van der Waals surface area contributed by atoms with E-state index in [1.807, 2.05) is 0 Å². The number of hydrogen-bond acceptors (Lipinski definition) is 1. The lowest BCUT2D eigenvalue weighted by Gasteiger charge is -1.99. The Kier molecular flexibility index (Phi) is 3.74. The molecule has 60 valence electrons. The molecule has 0 aliphatic carbocycles. The van der Waals surface area contributed by atoms with Crippen LogP contribution in [0.4, 0.5) is 0 Å². The highest BCUT2D eigenvalue weighted by molar-refractivity contribution is 14.1. The lowest BCUT2D eigenvalue weighted by Crippen LogP contribution is -1.77. The highest BCUT2D eigenvalue weighted by Crippen LogP contribution is 2.34. The molecule has 0 heterocycles. The molecule has 0 fully saturated rings. The van der Waals surface area contributed by atoms with Gasteiger partial charge in [0.15, 0.2) is 21.2 Å². The first-order valence-electron chi connectivity index (χ1n) is 2.57. The summed E-state index contributed by atoms with van der Waals surface area (Å²) in [7, 11) is 0. The van der Waals surface area contributed by atoms with Gasteiger partial charge in [0.1, 0.15) is 0 Å². The topological polar surface area (TPSA) is 17.1 Å². The molecule has 1 nitrogen and oxygen atoms in total. The molecule has 5 heteroatoms. The van der Waals surface area contributed by atoms with Crippen LogP contribution in [0.5, 0.6) is 0 Å². The summed E-state index contributed by atoms with van der Waals surface area (Å²) in [6.07, 6.45) is 0. The molecular weight excluding hydrogens is 366 g/mol. The van der Waals surface area contributed by atoms with E-state index in [1.54, 1.807) is 12.1 Å². The van der Waals surface area contributed by atoms with Crippen LogP contribution in [0.15, 0.2) is 16.6 Å². The van der Waals surface area contributed by atoms with Gasteiger partial charge >= 0.3 is 0 Å². The molecule has 0 unspecified atom stereocenters. The van der Waals surface area contributed by atoms with Crippen molar-refractivity contribution < 1.29 is 3.07 Å². The van der Waals surface area contributed by atoms with Crippen LogP contribution in [-0.2, 0) is 3.07 Å². The molecule has 0 saturated heterocycles. The molecule has 0 bridgehead atoms. The monoisotopic (exact) mass is 366 g/mol. The lowest BCUT2D eigenvalue weighted by molar-refractivity contribution is 0.648. The molecule has 1 aromatic carbocycles. The second kappa shape index (κ2) is 4.16. The van der Waals surface area contributed by atoms with Crippen molar-refractivity contribution in [2.75, 3.05) is 0 Å². The fourth-order valence-corrected chi connectivity index (χ4v) is 2.48. The summed E-state index contributed by atoms with van der Waals surface area (Å²) in [4.78, 5) is 0. The largest absolute Gasteiger partial charge is 0.265 e. The zero-order valence-electron chi connectivity index (χ0n) is 5.07. The average molecular weight is 368 g/mol. The van der Waals surface area contributed by atoms with E-state index in [0.29, 0.717) is 13.6 Å². The third-order valence-corrected chi connectivity index (χ3v) is 4.53. The molecule has 0 saturated carbocycles. The van der Waals surface area contributed by atoms with E-state index in [4.69, 9.17) is 23.2 Å². The highest BCUT2D eigenvalue weighted by atomic mass is 127. The normalized spacial score (nSPS) is 10.1. The average Bonchev–Trinajstić information content (AvgIpc) is 2.01. The Morgan fingerprint density at radius 1 is 1.27 bits per heavy atom. The smallest absolute Gasteiger partial charge is 0.183 e. The van der Waals surface area contributed by atoms with E-state index in [-0.39, 0.29) is 0 Å². The first-order valence-corrected chi connectivity index (χ1v) is 6.08. The van der Waals surface area contributed by atoms with Gasteiger partial charge in [-0.05, 0) is 28.1 Å². The van der Waals surface area contributed by atoms with Gasteiger partial charge in [0.25, 0.3) is 0 Å². The van der Waals surface area contributed by atoms with Gasteiger partial charge in [0.2, 0.25) is 0 Å². The summed E-state index contributed by atoms with van der Waals surface area (Å²) in [5.41, 5.74) is 0. The van der Waals surface area contributed by atoms with Crippen LogP contribution in [0.3, 0.4) is 0 Å². The van der Waals surface area contributed by atoms with Crippen LogP contribution in [0.1, 0.15) is 0 Å². The van der Waals surface area contributed by atoms with Gasteiger partial charge < -0.3 is 0 Å². The molecule has 11 heavy (non-hydrogen) atoms. The van der Waals surface area contributed by atoms with Crippen LogP contribution in [0.2, 0.25) is 10.0 Å². The van der Waals surface area contributed by atoms with E-state index in [0.717, 1.165) is 4.47 Å². The van der Waals surface area contributed by atoms with Gasteiger partial charge in [-0.25, -0.2) is 0 Å². The third kappa shape index (κ3) is 2.14. The Hall–Kier alpha value is 0.810. The van der Waals surface area contributed by atoms with Crippen molar-refractivity contribution in [2.24, 2.45) is 0 Å². The SMILES string of the molecule is O=Ic1ccc(Br)c(Cl)c1Cl. The Balaban J connectivity index is 3.36. The molecule has 0 aliphatic rings. The maximum absolute atomic E-state index is 10.6. The summed E-state index contributed by atoms with van der Waals surface area (Å²) in [5, 5.41) is 0.823. The van der Waals surface area contributed by atoms with Crippen LogP contribution < -0.4 is 0 Å². The predicted octanol–water partition coefficient (Wildman–Crippen LogP) is 4.24. The van der Waals surface area contributed by atoms with Crippen LogP contribution in [-0.4, -0.2) is 0 Å². The predicted molar refractivity (Wildman–Crippen MR) is 57.6 cm³/mol. The van der Waals surface area contributed by atoms with Gasteiger partial charge in [0.05, 0.1) is 13.6 Å². The fourth-order valence-electron chi connectivity index (χ4n) is 0.562. The first kappa shape index (κ1) is 9.89. The summed E-state index contributed by atoms with van der Waals surface area (Å²) in [5.74, 6) is 0. The minimum absolute atomic E-state index is 0.392. The third-order valence-electron chi connectivity index (χ3n) is 1.07. The summed E-state index contributed by atoms with van der Waals surface area (Å²) >= 11 is 13.5. The second-order valence-electron chi connectivity index (χ2n) is 1.73. The van der Waals surface area contributed by atoms with Crippen LogP contribution in [0, 0.1) is 3.57 Å². The van der Waals surface area contributed by atoms with E-state index in [1.165, 1.54) is 0 Å². The maximum Gasteiger partial charge on any atom is 0.183 e. The number of halogens is 4. The molecule has 0 spiro atoms. The quantitative estimate of drug-likeness (QED) is 0.412. The molecule has 1 aromatic rings. The first-order chi connectivity index (χ1) is 5.16. The molecule has 0 radical (unpaired) electrons. The van der Waals surface area contributed by atoms with Crippen LogP contribution >= 0.6 is 60.3 Å². The Labute approximate surface area is 92.8 Å². The van der Waals surface area contributed by atoms with Gasteiger partial charge in [-0.1, -0.05) is 23.2 Å². The molecule has 1 rings (SSSR count). The minimum Gasteiger partial charge on any atom is -0.265 e. The van der Waals surface area contributed by atoms with Crippen molar-refractivity contribution in [1.82, 2.24) is 0 Å².